The van der Waals surface area contributed by atoms with Crippen LogP contribution in [0.1, 0.15) is 65.8 Å². The van der Waals surface area contributed by atoms with Crippen LogP contribution in [0.4, 0.5) is 0 Å². The number of amides is 1. The molecule has 2 N–H and O–H groups in total. The number of nitrogens with one attached hydrogen (secondary N) is 1. The standard InChI is InChI=1S/C31H31N3O3/c1-20(18-29(35)36)14-16-27-30(22-9-3-2-4-10-22)33-26-17-15-23(19-28(26)32-27)31(37)34-25-13-7-11-21-8-5-6-12-24(21)25/h2-6,8-10,12,15,17,19-20,25H,7,11,13-14,16,18H2,1H3,(H,34,37)(H,35,36)/t20-,25-/m0/s1. The molecule has 6 heteroatoms. The van der Waals surface area contributed by atoms with Gasteiger partial charge in [-0.25, -0.2) is 9.97 Å². The molecule has 1 aliphatic carbocycles. The molecule has 0 spiro atoms. The summed E-state index contributed by atoms with van der Waals surface area (Å²) in [4.78, 5) is 34.2. The number of aromatic nitrogens is 2. The monoisotopic (exact) mass is 493 g/mol. The molecule has 4 aromatic rings. The summed E-state index contributed by atoms with van der Waals surface area (Å²) >= 11 is 0. The Bertz CT molecular complexity index is 1430. The van der Waals surface area contributed by atoms with E-state index in [1.807, 2.05) is 61.5 Å². The maximum atomic E-state index is 13.2. The number of carboxylic acid groups (broad SMARTS) is 1. The summed E-state index contributed by atoms with van der Waals surface area (Å²) in [6, 6.07) is 23.7. The van der Waals surface area contributed by atoms with Crippen LogP contribution in [0.2, 0.25) is 0 Å². The Balaban J connectivity index is 1.44. The number of carbonyl (C=O) groups excluding carboxylic acids is 1. The molecule has 0 aliphatic heterocycles. The van der Waals surface area contributed by atoms with Crippen molar-refractivity contribution in [3.63, 3.8) is 0 Å². The Morgan fingerprint density at radius 3 is 2.59 bits per heavy atom. The van der Waals surface area contributed by atoms with Gasteiger partial charge in [-0.3, -0.25) is 9.59 Å². The van der Waals surface area contributed by atoms with E-state index in [1.54, 1.807) is 0 Å². The van der Waals surface area contributed by atoms with Crippen molar-refractivity contribution in [1.82, 2.24) is 15.3 Å². The van der Waals surface area contributed by atoms with Crippen LogP contribution in [0.25, 0.3) is 22.3 Å². The van der Waals surface area contributed by atoms with Gasteiger partial charge in [-0.05, 0) is 67.3 Å². The third-order valence-corrected chi connectivity index (χ3v) is 7.12. The summed E-state index contributed by atoms with van der Waals surface area (Å²) in [6.45, 7) is 1.94. The Labute approximate surface area is 216 Å². The fourth-order valence-corrected chi connectivity index (χ4v) is 5.16. The van der Waals surface area contributed by atoms with Crippen LogP contribution in [0, 0.1) is 5.92 Å². The largest absolute Gasteiger partial charge is 0.481 e. The maximum Gasteiger partial charge on any atom is 0.303 e. The van der Waals surface area contributed by atoms with Crippen molar-refractivity contribution >= 4 is 22.9 Å². The van der Waals surface area contributed by atoms with Gasteiger partial charge in [-0.1, -0.05) is 61.5 Å². The third-order valence-electron chi connectivity index (χ3n) is 7.12. The highest BCUT2D eigenvalue weighted by molar-refractivity contribution is 5.97. The zero-order valence-electron chi connectivity index (χ0n) is 21.0. The maximum absolute atomic E-state index is 13.2. The molecule has 1 aromatic heterocycles. The lowest BCUT2D eigenvalue weighted by Crippen LogP contribution is -2.31. The van der Waals surface area contributed by atoms with Gasteiger partial charge in [0, 0.05) is 17.5 Å². The SMILES string of the molecule is C[C@@H](CCc1nc2cc(C(=O)N[C@H]3CCCc4ccccc43)ccc2nc1-c1ccccc1)CC(=O)O. The molecule has 5 rings (SSSR count). The van der Waals surface area contributed by atoms with E-state index < -0.39 is 5.97 Å². The Morgan fingerprint density at radius 1 is 1.00 bits per heavy atom. The van der Waals surface area contributed by atoms with Gasteiger partial charge in [0.25, 0.3) is 5.91 Å². The fourth-order valence-electron chi connectivity index (χ4n) is 5.16. The molecule has 0 bridgehead atoms. The highest BCUT2D eigenvalue weighted by Crippen LogP contribution is 2.30. The zero-order valence-corrected chi connectivity index (χ0v) is 21.0. The molecule has 1 amide bonds. The second kappa shape index (κ2) is 10.9. The molecule has 37 heavy (non-hydrogen) atoms. The topological polar surface area (TPSA) is 92.2 Å². The number of hydrogen-bond acceptors (Lipinski definition) is 4. The predicted molar refractivity (Wildman–Crippen MR) is 144 cm³/mol. The van der Waals surface area contributed by atoms with Crippen molar-refractivity contribution in [3.8, 4) is 11.3 Å². The lowest BCUT2D eigenvalue weighted by atomic mass is 9.87. The van der Waals surface area contributed by atoms with E-state index in [4.69, 9.17) is 15.1 Å². The number of rotatable bonds is 8. The summed E-state index contributed by atoms with van der Waals surface area (Å²) in [7, 11) is 0. The first-order chi connectivity index (χ1) is 18.0. The van der Waals surface area contributed by atoms with E-state index >= 15 is 0 Å². The third kappa shape index (κ3) is 5.69. The molecular weight excluding hydrogens is 462 g/mol. The van der Waals surface area contributed by atoms with Gasteiger partial charge in [-0.2, -0.15) is 0 Å². The van der Waals surface area contributed by atoms with E-state index in [2.05, 4.69) is 23.5 Å². The van der Waals surface area contributed by atoms with Gasteiger partial charge < -0.3 is 10.4 Å². The average Bonchev–Trinajstić information content (AvgIpc) is 2.91. The summed E-state index contributed by atoms with van der Waals surface area (Å²) in [5.74, 6) is -0.889. The molecule has 0 saturated carbocycles. The highest BCUT2D eigenvalue weighted by atomic mass is 16.4. The molecule has 2 atom stereocenters. The lowest BCUT2D eigenvalue weighted by Gasteiger charge is -2.26. The predicted octanol–water partition coefficient (Wildman–Crippen LogP) is 6.15. The minimum atomic E-state index is -0.795. The zero-order chi connectivity index (χ0) is 25.8. The summed E-state index contributed by atoms with van der Waals surface area (Å²) < 4.78 is 0. The smallest absolute Gasteiger partial charge is 0.303 e. The molecule has 0 saturated heterocycles. The second-order valence-electron chi connectivity index (χ2n) is 9.95. The van der Waals surface area contributed by atoms with E-state index in [-0.39, 0.29) is 24.3 Å². The van der Waals surface area contributed by atoms with Gasteiger partial charge in [0.2, 0.25) is 0 Å². The van der Waals surface area contributed by atoms with Crippen molar-refractivity contribution in [3.05, 3.63) is 95.2 Å². The summed E-state index contributed by atoms with van der Waals surface area (Å²) in [5, 5.41) is 12.4. The molecular formula is C31H31N3O3. The number of hydrogen-bond donors (Lipinski definition) is 2. The first-order valence-corrected chi connectivity index (χ1v) is 12.9. The van der Waals surface area contributed by atoms with Gasteiger partial charge >= 0.3 is 5.97 Å². The number of benzene rings is 3. The molecule has 0 radical (unpaired) electrons. The first-order valence-electron chi connectivity index (χ1n) is 12.9. The molecule has 6 nitrogen and oxygen atoms in total. The summed E-state index contributed by atoms with van der Waals surface area (Å²) in [6.07, 6.45) is 4.44. The van der Waals surface area contributed by atoms with Crippen LogP contribution in [-0.4, -0.2) is 27.0 Å². The summed E-state index contributed by atoms with van der Waals surface area (Å²) in [5.41, 5.74) is 7.03. The number of carboxylic acids is 1. The Hall–Kier alpha value is -4.06. The van der Waals surface area contributed by atoms with Crippen molar-refractivity contribution in [2.75, 3.05) is 0 Å². The number of aliphatic carboxylic acids is 1. The van der Waals surface area contributed by atoms with Crippen molar-refractivity contribution in [2.24, 2.45) is 5.92 Å². The molecule has 0 unspecified atom stereocenters. The number of fused-ring (bicyclic) bond motifs is 2. The van der Waals surface area contributed by atoms with Crippen molar-refractivity contribution < 1.29 is 14.7 Å². The Morgan fingerprint density at radius 2 is 1.78 bits per heavy atom. The van der Waals surface area contributed by atoms with Gasteiger partial charge in [0.15, 0.2) is 0 Å². The lowest BCUT2D eigenvalue weighted by molar-refractivity contribution is -0.138. The van der Waals surface area contributed by atoms with E-state index in [1.165, 1.54) is 11.1 Å². The molecule has 3 aromatic carbocycles. The average molecular weight is 494 g/mol. The molecule has 1 heterocycles. The molecule has 1 aliphatic rings. The van der Waals surface area contributed by atoms with E-state index in [0.29, 0.717) is 23.9 Å². The van der Waals surface area contributed by atoms with Gasteiger partial charge in [0.05, 0.1) is 28.5 Å². The number of carbonyl (C=O) groups is 2. The highest BCUT2D eigenvalue weighted by Gasteiger charge is 2.22. The van der Waals surface area contributed by atoms with Gasteiger partial charge in [0.1, 0.15) is 0 Å². The van der Waals surface area contributed by atoms with Crippen molar-refractivity contribution in [1.29, 1.82) is 0 Å². The van der Waals surface area contributed by atoms with Crippen LogP contribution in [-0.2, 0) is 17.6 Å². The first kappa shape index (κ1) is 24.6. The van der Waals surface area contributed by atoms with Crippen LogP contribution in [0.5, 0.6) is 0 Å². The van der Waals surface area contributed by atoms with Crippen LogP contribution in [0.15, 0.2) is 72.8 Å². The second-order valence-corrected chi connectivity index (χ2v) is 9.95. The fraction of sp³-hybridized carbons (Fsp3) is 0.290. The van der Waals surface area contributed by atoms with E-state index in [0.717, 1.165) is 41.7 Å². The quantitative estimate of drug-likeness (QED) is 0.307. The van der Waals surface area contributed by atoms with Crippen LogP contribution < -0.4 is 5.32 Å². The normalized spacial score (nSPS) is 15.6. The minimum Gasteiger partial charge on any atom is -0.481 e. The molecule has 188 valence electrons. The van der Waals surface area contributed by atoms with Crippen LogP contribution in [0.3, 0.4) is 0 Å². The van der Waals surface area contributed by atoms with Crippen LogP contribution >= 0.6 is 0 Å². The number of aryl methyl sites for hydroxylation is 2. The van der Waals surface area contributed by atoms with Gasteiger partial charge in [-0.15, -0.1) is 0 Å². The van der Waals surface area contributed by atoms with E-state index in [9.17, 15) is 9.59 Å². The number of nitrogens with zero attached hydrogens (tertiary/aromatic N) is 2. The minimum absolute atomic E-state index is 0.00553. The molecule has 0 fully saturated rings. The Kier molecular flexibility index (Phi) is 7.26. The van der Waals surface area contributed by atoms with Crippen molar-refractivity contribution in [2.45, 2.75) is 51.5 Å².